The molecule has 0 saturated heterocycles. The van der Waals surface area contributed by atoms with E-state index in [1.165, 1.54) is 44.1 Å². The molecule has 0 atom stereocenters. The molecule has 0 fully saturated rings. The van der Waals surface area contributed by atoms with Gasteiger partial charge in [-0.05, 0) is 71.4 Å². The molecular formula is C26H30OSi. The topological polar surface area (TPSA) is 13.1 Å². The van der Waals surface area contributed by atoms with E-state index in [2.05, 4.69) is 82.0 Å². The molecule has 4 rings (SSSR count). The average Bonchev–Trinajstić information content (AvgIpc) is 3.23. The molecule has 0 saturated carbocycles. The van der Waals surface area contributed by atoms with E-state index >= 15 is 0 Å². The van der Waals surface area contributed by atoms with Gasteiger partial charge in [-0.15, -0.1) is 0 Å². The first kappa shape index (κ1) is 19.0. The molecule has 144 valence electrons. The second-order valence-electron chi connectivity index (χ2n) is 9.05. The molecule has 0 radical (unpaired) electrons. The van der Waals surface area contributed by atoms with Crippen LogP contribution in [0, 0.1) is 13.8 Å². The fourth-order valence-electron chi connectivity index (χ4n) is 4.12. The Morgan fingerprint density at radius 2 is 1.68 bits per heavy atom. The highest BCUT2D eigenvalue weighted by Crippen LogP contribution is 2.40. The van der Waals surface area contributed by atoms with Gasteiger partial charge in [0.05, 0.1) is 8.07 Å². The Morgan fingerprint density at radius 3 is 2.25 bits per heavy atom. The summed E-state index contributed by atoms with van der Waals surface area (Å²) in [6.45, 7) is 13.6. The molecule has 0 N–H and O–H groups in total. The van der Waals surface area contributed by atoms with Crippen LogP contribution in [0.1, 0.15) is 40.7 Å². The summed E-state index contributed by atoms with van der Waals surface area (Å²) in [6.07, 6.45) is 4.35. The normalized spacial score (nSPS) is 13.6. The maximum absolute atomic E-state index is 6.02. The van der Waals surface area contributed by atoms with Crippen molar-refractivity contribution in [3.05, 3.63) is 76.2 Å². The molecular weight excluding hydrogens is 356 g/mol. The average molecular weight is 387 g/mol. The molecule has 3 aromatic rings. The number of furan rings is 1. The minimum Gasteiger partial charge on any atom is -0.461 e. The maximum atomic E-state index is 6.02. The summed E-state index contributed by atoms with van der Waals surface area (Å²) in [6, 6.07) is 16.1. The lowest BCUT2D eigenvalue weighted by atomic mass is 9.91. The second kappa shape index (κ2) is 6.93. The largest absolute Gasteiger partial charge is 0.461 e. The summed E-state index contributed by atoms with van der Waals surface area (Å²) < 4.78 is 6.02. The van der Waals surface area contributed by atoms with Crippen molar-refractivity contribution in [2.45, 2.75) is 53.3 Å². The van der Waals surface area contributed by atoms with Crippen LogP contribution >= 0.6 is 0 Å². The van der Waals surface area contributed by atoms with E-state index < -0.39 is 8.07 Å². The van der Waals surface area contributed by atoms with E-state index in [4.69, 9.17) is 4.42 Å². The molecule has 2 heteroatoms. The van der Waals surface area contributed by atoms with Gasteiger partial charge in [0.1, 0.15) is 11.5 Å². The summed E-state index contributed by atoms with van der Waals surface area (Å²) in [7, 11) is -1.28. The number of fused-ring (bicyclic) bond motifs is 1. The minimum absolute atomic E-state index is 0.950. The van der Waals surface area contributed by atoms with E-state index in [1.54, 1.807) is 0 Å². The number of benzene rings is 2. The quantitative estimate of drug-likeness (QED) is 0.451. The van der Waals surface area contributed by atoms with Gasteiger partial charge in [-0.2, -0.15) is 0 Å². The third-order valence-corrected chi connectivity index (χ3v) is 8.09. The fraction of sp³-hybridized carbons (Fsp3) is 0.308. The lowest BCUT2D eigenvalue weighted by Gasteiger charge is -2.18. The Morgan fingerprint density at radius 1 is 0.964 bits per heavy atom. The predicted octanol–water partition coefficient (Wildman–Crippen LogP) is 6.77. The van der Waals surface area contributed by atoms with Crippen molar-refractivity contribution < 1.29 is 4.42 Å². The van der Waals surface area contributed by atoms with Crippen LogP contribution in [-0.4, -0.2) is 8.07 Å². The number of hydrogen-bond donors (Lipinski definition) is 0. The zero-order valence-electron chi connectivity index (χ0n) is 17.9. The predicted molar refractivity (Wildman–Crippen MR) is 124 cm³/mol. The lowest BCUT2D eigenvalue weighted by molar-refractivity contribution is 0.518. The van der Waals surface area contributed by atoms with Gasteiger partial charge in [0, 0.05) is 6.42 Å². The van der Waals surface area contributed by atoms with Crippen LogP contribution in [0.4, 0.5) is 0 Å². The Labute approximate surface area is 170 Å². The summed E-state index contributed by atoms with van der Waals surface area (Å²) in [4.78, 5) is 0. The highest BCUT2D eigenvalue weighted by Gasteiger charge is 2.23. The van der Waals surface area contributed by atoms with E-state index in [1.807, 2.05) is 6.92 Å². The van der Waals surface area contributed by atoms with Crippen molar-refractivity contribution in [3.8, 4) is 11.1 Å². The SMILES string of the molecule is CCc1ccc2c(c1-c1ccc([Si](C)(C)C)cc1)C=C(c1cc(C)c(C)o1)C2. The first-order chi connectivity index (χ1) is 13.3. The van der Waals surface area contributed by atoms with Crippen LogP contribution in [-0.2, 0) is 12.8 Å². The number of allylic oxidation sites excluding steroid dienone is 1. The van der Waals surface area contributed by atoms with E-state index in [-0.39, 0.29) is 0 Å². The van der Waals surface area contributed by atoms with Crippen LogP contribution in [0.15, 0.2) is 46.9 Å². The van der Waals surface area contributed by atoms with Crippen molar-refractivity contribution in [2.24, 2.45) is 0 Å². The van der Waals surface area contributed by atoms with Crippen LogP contribution in [0.3, 0.4) is 0 Å². The standard InChI is InChI=1S/C26H30OSi/c1-7-19-8-9-21-15-22(25-14-17(2)18(3)27-25)16-24(21)26(19)20-10-12-23(13-11-20)28(4,5)6/h8-14,16H,7,15H2,1-6H3. The van der Waals surface area contributed by atoms with E-state index in [0.717, 1.165) is 24.4 Å². The molecule has 0 spiro atoms. The molecule has 0 unspecified atom stereocenters. The van der Waals surface area contributed by atoms with E-state index in [0.29, 0.717) is 0 Å². The van der Waals surface area contributed by atoms with Gasteiger partial charge in [0.2, 0.25) is 0 Å². The highest BCUT2D eigenvalue weighted by atomic mass is 28.3. The third kappa shape index (κ3) is 3.31. The van der Waals surface area contributed by atoms with Gasteiger partial charge in [-0.3, -0.25) is 0 Å². The zero-order valence-corrected chi connectivity index (χ0v) is 18.9. The molecule has 2 aromatic carbocycles. The van der Waals surface area contributed by atoms with Crippen LogP contribution < -0.4 is 5.19 Å². The Balaban J connectivity index is 1.82. The van der Waals surface area contributed by atoms with Crippen molar-refractivity contribution in [1.29, 1.82) is 0 Å². The summed E-state index contributed by atoms with van der Waals surface area (Å²) in [5.74, 6) is 2.03. The number of aryl methyl sites for hydroxylation is 3. The molecule has 1 aliphatic carbocycles. The van der Waals surface area contributed by atoms with Crippen molar-refractivity contribution in [2.75, 3.05) is 0 Å². The molecule has 1 heterocycles. The van der Waals surface area contributed by atoms with Crippen molar-refractivity contribution in [1.82, 2.24) is 0 Å². The monoisotopic (exact) mass is 386 g/mol. The number of hydrogen-bond acceptors (Lipinski definition) is 1. The Kier molecular flexibility index (Phi) is 4.71. The van der Waals surface area contributed by atoms with E-state index in [9.17, 15) is 0 Å². The second-order valence-corrected chi connectivity index (χ2v) is 14.1. The van der Waals surface area contributed by atoms with Crippen LogP contribution in [0.2, 0.25) is 19.6 Å². The summed E-state index contributed by atoms with van der Waals surface area (Å²) >= 11 is 0. The first-order valence-electron chi connectivity index (χ1n) is 10.3. The summed E-state index contributed by atoms with van der Waals surface area (Å²) in [5.41, 5.74) is 9.45. The Hall–Kier alpha value is -2.32. The van der Waals surface area contributed by atoms with Crippen molar-refractivity contribution >= 4 is 24.9 Å². The van der Waals surface area contributed by atoms with Gasteiger partial charge in [-0.1, -0.05) is 68.1 Å². The van der Waals surface area contributed by atoms with Gasteiger partial charge in [0.15, 0.2) is 0 Å². The molecule has 1 nitrogen and oxygen atoms in total. The smallest absolute Gasteiger partial charge is 0.130 e. The minimum atomic E-state index is -1.28. The van der Waals surface area contributed by atoms with Gasteiger partial charge < -0.3 is 4.42 Å². The highest BCUT2D eigenvalue weighted by molar-refractivity contribution is 6.88. The lowest BCUT2D eigenvalue weighted by Crippen LogP contribution is -2.37. The fourth-order valence-corrected chi connectivity index (χ4v) is 5.29. The molecule has 28 heavy (non-hydrogen) atoms. The van der Waals surface area contributed by atoms with Crippen molar-refractivity contribution in [3.63, 3.8) is 0 Å². The molecule has 1 aliphatic rings. The summed E-state index contributed by atoms with van der Waals surface area (Å²) in [5, 5.41) is 1.51. The molecule has 0 amide bonds. The number of rotatable bonds is 4. The maximum Gasteiger partial charge on any atom is 0.130 e. The van der Waals surface area contributed by atoms with Gasteiger partial charge >= 0.3 is 0 Å². The third-order valence-electron chi connectivity index (χ3n) is 6.02. The first-order valence-corrected chi connectivity index (χ1v) is 13.8. The zero-order chi connectivity index (χ0) is 20.1. The molecule has 1 aromatic heterocycles. The van der Waals surface area contributed by atoms with Crippen LogP contribution in [0.5, 0.6) is 0 Å². The Bertz CT molecular complexity index is 1040. The molecule has 0 aliphatic heterocycles. The van der Waals surface area contributed by atoms with Crippen LogP contribution in [0.25, 0.3) is 22.8 Å². The molecule has 0 bridgehead atoms. The van der Waals surface area contributed by atoms with Gasteiger partial charge in [-0.25, -0.2) is 0 Å². The van der Waals surface area contributed by atoms with Gasteiger partial charge in [0.25, 0.3) is 0 Å².